The molecule has 0 saturated carbocycles. The van der Waals surface area contributed by atoms with Crippen LogP contribution in [0.3, 0.4) is 0 Å². The summed E-state index contributed by atoms with van der Waals surface area (Å²) in [6, 6.07) is 3.67. The number of nitriles is 1. The highest BCUT2D eigenvalue weighted by Gasteiger charge is 2.36. The van der Waals surface area contributed by atoms with Gasteiger partial charge in [0.2, 0.25) is 5.82 Å². The maximum absolute atomic E-state index is 12.7. The number of ether oxygens (including phenoxy) is 1. The zero-order valence-corrected chi connectivity index (χ0v) is 16.1. The van der Waals surface area contributed by atoms with Gasteiger partial charge in [0.1, 0.15) is 29.6 Å². The van der Waals surface area contributed by atoms with Crippen molar-refractivity contribution in [3.63, 3.8) is 0 Å². The first kappa shape index (κ1) is 17.6. The molecule has 2 aromatic heterocycles. The average Bonchev–Trinajstić information content (AvgIpc) is 3.07. The van der Waals surface area contributed by atoms with Gasteiger partial charge in [0.25, 0.3) is 0 Å². The maximum Gasteiger partial charge on any atom is 0.410 e. The summed E-state index contributed by atoms with van der Waals surface area (Å²) in [5.41, 5.74) is 1.95. The van der Waals surface area contributed by atoms with Crippen LogP contribution in [0.1, 0.15) is 29.3 Å². The van der Waals surface area contributed by atoms with Crippen molar-refractivity contribution < 1.29 is 9.53 Å². The molecule has 3 aliphatic rings. The van der Waals surface area contributed by atoms with Gasteiger partial charge in [0, 0.05) is 24.8 Å². The van der Waals surface area contributed by atoms with E-state index in [2.05, 4.69) is 24.8 Å². The molecule has 0 aliphatic carbocycles. The van der Waals surface area contributed by atoms with Gasteiger partial charge in [-0.1, -0.05) is 0 Å². The molecule has 0 atom stereocenters. The Morgan fingerprint density at radius 3 is 2.76 bits per heavy atom. The number of fused-ring (bicyclic) bond motifs is 1. The number of anilines is 2. The fourth-order valence-electron chi connectivity index (χ4n) is 3.77. The van der Waals surface area contributed by atoms with Crippen LogP contribution in [0.5, 0.6) is 0 Å². The van der Waals surface area contributed by atoms with Gasteiger partial charge >= 0.3 is 6.09 Å². The number of nitrogens with zero attached hydrogens (tertiary/aromatic N) is 8. The molecule has 29 heavy (non-hydrogen) atoms. The Bertz CT molecular complexity index is 1010. The van der Waals surface area contributed by atoms with Crippen molar-refractivity contribution in [2.45, 2.75) is 32.5 Å². The normalized spacial score (nSPS) is 18.0. The summed E-state index contributed by atoms with van der Waals surface area (Å²) in [6.45, 7) is 5.92. The number of hydrogen-bond acceptors (Lipinski definition) is 9. The van der Waals surface area contributed by atoms with Crippen LogP contribution >= 0.6 is 0 Å². The second kappa shape index (κ2) is 6.84. The minimum absolute atomic E-state index is 0.132. The van der Waals surface area contributed by atoms with Crippen molar-refractivity contribution in [3.8, 4) is 6.07 Å². The molecule has 0 aromatic carbocycles. The SMILES string of the molecule is Cc1nc2c(c(N3CCC3)n1)CN(C(=O)OC1CN(c3ccnc(C#N)n3)C1)C2. The minimum atomic E-state index is -0.333. The monoisotopic (exact) mass is 392 g/mol. The Morgan fingerprint density at radius 2 is 2.03 bits per heavy atom. The van der Waals surface area contributed by atoms with E-state index >= 15 is 0 Å². The summed E-state index contributed by atoms with van der Waals surface area (Å²) in [5.74, 6) is 2.49. The van der Waals surface area contributed by atoms with Gasteiger partial charge in [0.15, 0.2) is 0 Å². The third-order valence-corrected chi connectivity index (χ3v) is 5.47. The molecule has 2 aromatic rings. The van der Waals surface area contributed by atoms with Crippen molar-refractivity contribution >= 4 is 17.7 Å². The fraction of sp³-hybridized carbons (Fsp3) is 0.474. The second-order valence-corrected chi connectivity index (χ2v) is 7.48. The molecule has 0 unspecified atom stereocenters. The fourth-order valence-corrected chi connectivity index (χ4v) is 3.77. The second-order valence-electron chi connectivity index (χ2n) is 7.48. The highest BCUT2D eigenvalue weighted by Crippen LogP contribution is 2.32. The molecule has 2 saturated heterocycles. The molecule has 2 fully saturated rings. The predicted molar refractivity (Wildman–Crippen MR) is 102 cm³/mol. The standard InChI is InChI=1S/C19H20N8O2/c1-12-22-15-11-27(10-14(15)18(23-12)25-5-2-6-25)19(28)29-13-8-26(9-13)17-3-4-21-16(7-20)24-17/h3-4,13H,2,5-6,8-11H2,1H3. The van der Waals surface area contributed by atoms with E-state index in [9.17, 15) is 4.79 Å². The van der Waals surface area contributed by atoms with Crippen LogP contribution in [-0.4, -0.2) is 63.2 Å². The van der Waals surface area contributed by atoms with Crippen molar-refractivity contribution in [1.29, 1.82) is 5.26 Å². The summed E-state index contributed by atoms with van der Waals surface area (Å²) >= 11 is 0. The molecule has 10 nitrogen and oxygen atoms in total. The van der Waals surface area contributed by atoms with E-state index in [1.54, 1.807) is 17.2 Å². The molecule has 3 aliphatic heterocycles. The minimum Gasteiger partial charge on any atom is -0.442 e. The van der Waals surface area contributed by atoms with Crippen LogP contribution in [-0.2, 0) is 17.8 Å². The Morgan fingerprint density at radius 1 is 1.21 bits per heavy atom. The zero-order chi connectivity index (χ0) is 20.0. The lowest BCUT2D eigenvalue weighted by molar-refractivity contribution is 0.0488. The smallest absolute Gasteiger partial charge is 0.410 e. The van der Waals surface area contributed by atoms with Crippen molar-refractivity contribution in [2.75, 3.05) is 36.0 Å². The first-order valence-electron chi connectivity index (χ1n) is 9.65. The molecular weight excluding hydrogens is 372 g/mol. The largest absolute Gasteiger partial charge is 0.442 e. The summed E-state index contributed by atoms with van der Waals surface area (Å²) in [5, 5.41) is 8.91. The number of aryl methyl sites for hydroxylation is 1. The molecule has 5 rings (SSSR count). The lowest BCUT2D eigenvalue weighted by atomic mass is 10.1. The number of carbonyl (C=O) groups is 1. The first-order valence-corrected chi connectivity index (χ1v) is 9.65. The van der Waals surface area contributed by atoms with Crippen LogP contribution in [0.4, 0.5) is 16.4 Å². The molecule has 0 N–H and O–H groups in total. The van der Waals surface area contributed by atoms with E-state index in [1.165, 1.54) is 6.42 Å². The van der Waals surface area contributed by atoms with Crippen molar-refractivity contribution in [1.82, 2.24) is 24.8 Å². The molecule has 0 radical (unpaired) electrons. The number of amides is 1. The molecule has 0 spiro atoms. The van der Waals surface area contributed by atoms with Gasteiger partial charge in [-0.2, -0.15) is 5.26 Å². The molecular formula is C19H20N8O2. The molecule has 148 valence electrons. The number of rotatable bonds is 3. The van der Waals surface area contributed by atoms with Gasteiger partial charge in [-0.15, -0.1) is 0 Å². The quantitative estimate of drug-likeness (QED) is 0.755. The van der Waals surface area contributed by atoms with Crippen molar-refractivity contribution in [3.05, 3.63) is 35.2 Å². The van der Waals surface area contributed by atoms with Gasteiger partial charge in [0.05, 0.1) is 31.9 Å². The van der Waals surface area contributed by atoms with Gasteiger partial charge in [-0.05, 0) is 19.4 Å². The van der Waals surface area contributed by atoms with Gasteiger partial charge < -0.3 is 14.5 Å². The zero-order valence-electron chi connectivity index (χ0n) is 16.1. The topological polar surface area (TPSA) is 111 Å². The van der Waals surface area contributed by atoms with E-state index in [0.717, 1.165) is 36.0 Å². The van der Waals surface area contributed by atoms with E-state index in [0.29, 0.717) is 32.0 Å². The van der Waals surface area contributed by atoms with Crippen molar-refractivity contribution in [2.24, 2.45) is 0 Å². The Labute approximate surface area is 167 Å². The van der Waals surface area contributed by atoms with Crippen LogP contribution in [0, 0.1) is 18.3 Å². The van der Waals surface area contributed by atoms with Crippen LogP contribution in [0.15, 0.2) is 12.3 Å². The van der Waals surface area contributed by atoms with Crippen LogP contribution in [0.25, 0.3) is 0 Å². The van der Waals surface area contributed by atoms with E-state index in [1.807, 2.05) is 17.9 Å². The average molecular weight is 392 g/mol. The third-order valence-electron chi connectivity index (χ3n) is 5.47. The molecule has 10 heteroatoms. The Hall–Kier alpha value is -3.48. The summed E-state index contributed by atoms with van der Waals surface area (Å²) in [4.78, 5) is 35.7. The maximum atomic E-state index is 12.7. The summed E-state index contributed by atoms with van der Waals surface area (Å²) in [6.07, 6.45) is 2.19. The first-order chi connectivity index (χ1) is 14.1. The summed E-state index contributed by atoms with van der Waals surface area (Å²) < 4.78 is 5.66. The number of aromatic nitrogens is 4. The predicted octanol–water partition coefficient (Wildman–Crippen LogP) is 0.998. The van der Waals surface area contributed by atoms with Gasteiger partial charge in [-0.25, -0.2) is 24.7 Å². The molecule has 1 amide bonds. The number of hydrogen-bond donors (Lipinski definition) is 0. The van der Waals surface area contributed by atoms with Crippen LogP contribution in [0.2, 0.25) is 0 Å². The highest BCUT2D eigenvalue weighted by atomic mass is 16.6. The van der Waals surface area contributed by atoms with E-state index in [-0.39, 0.29) is 18.0 Å². The highest BCUT2D eigenvalue weighted by molar-refractivity contribution is 5.70. The lowest BCUT2D eigenvalue weighted by Crippen LogP contribution is -2.54. The summed E-state index contributed by atoms with van der Waals surface area (Å²) in [7, 11) is 0. The third kappa shape index (κ3) is 3.18. The Balaban J connectivity index is 1.20. The Kier molecular flexibility index (Phi) is 4.16. The lowest BCUT2D eigenvalue weighted by Gasteiger charge is -2.39. The van der Waals surface area contributed by atoms with Gasteiger partial charge in [-0.3, -0.25) is 4.90 Å². The van der Waals surface area contributed by atoms with E-state index in [4.69, 9.17) is 10.00 Å². The van der Waals surface area contributed by atoms with E-state index < -0.39 is 0 Å². The van der Waals surface area contributed by atoms with Crippen LogP contribution < -0.4 is 9.80 Å². The molecule has 5 heterocycles. The molecule has 0 bridgehead atoms. The number of carbonyl (C=O) groups excluding carboxylic acids is 1.